The maximum Gasteiger partial charge on any atom is 0.164 e. The van der Waals surface area contributed by atoms with Crippen LogP contribution in [0.25, 0.3) is 0 Å². The van der Waals surface area contributed by atoms with Gasteiger partial charge < -0.3 is 15.2 Å². The minimum atomic E-state index is -0.309. The van der Waals surface area contributed by atoms with Crippen LogP contribution in [0.1, 0.15) is 50.2 Å². The molecule has 1 aromatic rings. The third-order valence-corrected chi connectivity index (χ3v) is 4.28. The van der Waals surface area contributed by atoms with Gasteiger partial charge in [0.15, 0.2) is 11.5 Å². The van der Waals surface area contributed by atoms with Gasteiger partial charge in [-0.2, -0.15) is 0 Å². The Balaban J connectivity index is 2.71. The zero-order valence-corrected chi connectivity index (χ0v) is 12.8. The fraction of sp³-hybridized carbons (Fsp3) is 0.600. The first-order chi connectivity index (χ1) is 8.94. The molecule has 0 amide bonds. The van der Waals surface area contributed by atoms with Gasteiger partial charge in [0.05, 0.1) is 14.2 Å². The van der Waals surface area contributed by atoms with Crippen molar-refractivity contribution < 1.29 is 9.47 Å². The fourth-order valence-corrected chi connectivity index (χ4v) is 3.24. The molecule has 1 aromatic carbocycles. The highest BCUT2D eigenvalue weighted by molar-refractivity contribution is 6.31. The second kappa shape index (κ2) is 5.22. The summed E-state index contributed by atoms with van der Waals surface area (Å²) in [6, 6.07) is 1.81. The van der Waals surface area contributed by atoms with Crippen LogP contribution in [0.3, 0.4) is 0 Å². The first kappa shape index (κ1) is 14.5. The van der Waals surface area contributed by atoms with Crippen molar-refractivity contribution in [1.82, 2.24) is 0 Å². The van der Waals surface area contributed by atoms with Gasteiger partial charge in [0.1, 0.15) is 0 Å². The van der Waals surface area contributed by atoms with Crippen molar-refractivity contribution >= 4 is 11.6 Å². The van der Waals surface area contributed by atoms with Crippen molar-refractivity contribution in [3.8, 4) is 11.5 Å². The minimum Gasteiger partial charge on any atom is -0.493 e. The molecule has 0 bridgehead atoms. The van der Waals surface area contributed by atoms with Gasteiger partial charge >= 0.3 is 0 Å². The number of benzene rings is 1. The molecular formula is C15H22ClNO2. The smallest absolute Gasteiger partial charge is 0.164 e. The first-order valence-electron chi connectivity index (χ1n) is 6.68. The van der Waals surface area contributed by atoms with Gasteiger partial charge in [-0.25, -0.2) is 0 Å². The van der Waals surface area contributed by atoms with Crippen LogP contribution in [-0.4, -0.2) is 14.2 Å². The highest BCUT2D eigenvalue weighted by atomic mass is 35.5. The van der Waals surface area contributed by atoms with Crippen molar-refractivity contribution in [3.05, 3.63) is 22.2 Å². The Bertz CT molecular complexity index is 482. The highest BCUT2D eigenvalue weighted by Crippen LogP contribution is 2.50. The monoisotopic (exact) mass is 283 g/mol. The van der Waals surface area contributed by atoms with Crippen LogP contribution in [-0.2, 0) is 5.54 Å². The molecule has 0 atom stereocenters. The molecular weight excluding hydrogens is 262 g/mol. The average Bonchev–Trinajstić information content (AvgIpc) is 2.34. The average molecular weight is 284 g/mol. The van der Waals surface area contributed by atoms with E-state index in [1.54, 1.807) is 14.2 Å². The predicted molar refractivity (Wildman–Crippen MR) is 78.4 cm³/mol. The second-order valence-corrected chi connectivity index (χ2v) is 5.95. The van der Waals surface area contributed by atoms with Crippen molar-refractivity contribution in [1.29, 1.82) is 0 Å². The minimum absolute atomic E-state index is 0.276. The van der Waals surface area contributed by atoms with E-state index in [-0.39, 0.29) is 11.5 Å². The lowest BCUT2D eigenvalue weighted by Crippen LogP contribution is -2.44. The molecule has 0 aliphatic heterocycles. The summed E-state index contributed by atoms with van der Waals surface area (Å²) in [4.78, 5) is 0. The Kier molecular flexibility index (Phi) is 3.98. The van der Waals surface area contributed by atoms with Crippen molar-refractivity contribution in [2.75, 3.05) is 14.2 Å². The van der Waals surface area contributed by atoms with Gasteiger partial charge in [-0.15, -0.1) is 0 Å². The molecule has 0 radical (unpaired) electrons. The normalized spacial score (nSPS) is 17.2. The zero-order chi connectivity index (χ0) is 14.2. The number of hydrogen-bond donors (Lipinski definition) is 1. The van der Waals surface area contributed by atoms with Gasteiger partial charge in [0, 0.05) is 22.2 Å². The van der Waals surface area contributed by atoms with E-state index >= 15 is 0 Å². The third kappa shape index (κ3) is 2.30. The molecule has 1 aliphatic rings. The third-order valence-electron chi connectivity index (χ3n) is 3.98. The van der Waals surface area contributed by atoms with E-state index in [1.165, 1.54) is 0 Å². The van der Waals surface area contributed by atoms with Gasteiger partial charge in [-0.3, -0.25) is 0 Å². The molecule has 19 heavy (non-hydrogen) atoms. The van der Waals surface area contributed by atoms with Crippen LogP contribution in [0.15, 0.2) is 6.07 Å². The van der Waals surface area contributed by atoms with Gasteiger partial charge in [0.2, 0.25) is 0 Å². The first-order valence-corrected chi connectivity index (χ1v) is 7.06. The summed E-state index contributed by atoms with van der Waals surface area (Å²) in [5.41, 5.74) is 8.30. The molecule has 0 saturated heterocycles. The van der Waals surface area contributed by atoms with Crippen molar-refractivity contribution in [2.45, 2.75) is 44.6 Å². The summed E-state index contributed by atoms with van der Waals surface area (Å²) in [6.45, 7) is 4.25. The van der Waals surface area contributed by atoms with Crippen LogP contribution in [0.5, 0.6) is 11.5 Å². The fourth-order valence-electron chi connectivity index (χ4n) is 2.85. The SMILES string of the molecule is COc1cc(Cl)c(C2(N)CCC2)c(C(C)C)c1OC. The lowest BCUT2D eigenvalue weighted by Gasteiger charge is -2.41. The molecule has 0 spiro atoms. The standard InChI is InChI=1S/C15H22ClNO2/c1-9(2)12-13(15(17)6-5-7-15)10(16)8-11(18-3)14(12)19-4/h8-9H,5-7,17H2,1-4H3. The Morgan fingerprint density at radius 3 is 2.26 bits per heavy atom. The van der Waals surface area contributed by atoms with Gasteiger partial charge in [0.25, 0.3) is 0 Å². The maximum absolute atomic E-state index is 6.50. The van der Waals surface area contributed by atoms with E-state index in [1.807, 2.05) is 6.07 Å². The topological polar surface area (TPSA) is 44.5 Å². The molecule has 0 unspecified atom stereocenters. The molecule has 2 N–H and O–H groups in total. The Morgan fingerprint density at radius 2 is 1.89 bits per heavy atom. The van der Waals surface area contributed by atoms with Crippen molar-refractivity contribution in [3.63, 3.8) is 0 Å². The summed E-state index contributed by atoms with van der Waals surface area (Å²) in [6.07, 6.45) is 3.10. The molecule has 1 aliphatic carbocycles. The van der Waals surface area contributed by atoms with E-state index < -0.39 is 0 Å². The Morgan fingerprint density at radius 1 is 1.26 bits per heavy atom. The number of nitrogens with two attached hydrogens (primary N) is 1. The highest BCUT2D eigenvalue weighted by Gasteiger charge is 2.40. The summed E-state index contributed by atoms with van der Waals surface area (Å²) in [7, 11) is 3.28. The lowest BCUT2D eigenvalue weighted by atomic mass is 9.70. The maximum atomic E-state index is 6.50. The van der Waals surface area contributed by atoms with E-state index in [2.05, 4.69) is 13.8 Å². The molecule has 1 fully saturated rings. The summed E-state index contributed by atoms with van der Waals surface area (Å²) in [5.74, 6) is 1.70. The van der Waals surface area contributed by atoms with E-state index in [9.17, 15) is 0 Å². The number of halogens is 1. The van der Waals surface area contributed by atoms with Crippen LogP contribution < -0.4 is 15.2 Å². The molecule has 3 nitrogen and oxygen atoms in total. The van der Waals surface area contributed by atoms with Crippen molar-refractivity contribution in [2.24, 2.45) is 5.73 Å². The second-order valence-electron chi connectivity index (χ2n) is 5.55. The molecule has 4 heteroatoms. The number of rotatable bonds is 4. The summed E-state index contributed by atoms with van der Waals surface area (Å²) >= 11 is 6.47. The van der Waals surface area contributed by atoms with Gasteiger partial charge in [-0.05, 0) is 30.7 Å². The summed E-state index contributed by atoms with van der Waals surface area (Å²) < 4.78 is 10.9. The van der Waals surface area contributed by atoms with E-state index in [0.717, 1.165) is 36.1 Å². The Labute approximate surface area is 120 Å². The van der Waals surface area contributed by atoms with Crippen LogP contribution >= 0.6 is 11.6 Å². The molecule has 0 heterocycles. The molecule has 1 saturated carbocycles. The molecule has 2 rings (SSSR count). The molecule has 0 aromatic heterocycles. The van der Waals surface area contributed by atoms with Gasteiger partial charge in [-0.1, -0.05) is 25.4 Å². The van der Waals surface area contributed by atoms with E-state index in [4.69, 9.17) is 26.8 Å². The summed E-state index contributed by atoms with van der Waals surface area (Å²) in [5, 5.41) is 0.684. The molecule has 106 valence electrons. The number of hydrogen-bond acceptors (Lipinski definition) is 3. The van der Waals surface area contributed by atoms with E-state index in [0.29, 0.717) is 10.8 Å². The Hall–Kier alpha value is -0.930. The number of methoxy groups -OCH3 is 2. The lowest BCUT2D eigenvalue weighted by molar-refractivity contribution is 0.249. The largest absolute Gasteiger partial charge is 0.493 e. The van der Waals surface area contributed by atoms with Crippen LogP contribution in [0.2, 0.25) is 5.02 Å². The predicted octanol–water partition coefficient (Wildman–Crippen LogP) is 3.82. The van der Waals surface area contributed by atoms with Crippen LogP contribution in [0, 0.1) is 0 Å². The number of ether oxygens (including phenoxy) is 2. The zero-order valence-electron chi connectivity index (χ0n) is 12.0. The van der Waals surface area contributed by atoms with Crippen LogP contribution in [0.4, 0.5) is 0 Å². The quantitative estimate of drug-likeness (QED) is 0.914.